The van der Waals surface area contributed by atoms with Gasteiger partial charge in [0.2, 0.25) is 0 Å². The summed E-state index contributed by atoms with van der Waals surface area (Å²) in [4.78, 5) is 0. The van der Waals surface area contributed by atoms with E-state index in [9.17, 15) is 0 Å². The molecule has 2 nitrogen and oxygen atoms in total. The molecule has 0 aromatic heterocycles. The first-order valence-electron chi connectivity index (χ1n) is 4.02. The smallest absolute Gasteiger partial charge is 0.137 e. The second-order valence-corrected chi connectivity index (χ2v) is 4.58. The predicted molar refractivity (Wildman–Crippen MR) is 68.5 cm³/mol. The Morgan fingerprint density at radius 2 is 2.14 bits per heavy atom. The van der Waals surface area contributed by atoms with E-state index in [0.717, 1.165) is 21.3 Å². The fourth-order valence-corrected chi connectivity index (χ4v) is 2.57. The fraction of sp³-hybridized carbons (Fsp3) is 0.333. The van der Waals surface area contributed by atoms with Crippen LogP contribution in [0.25, 0.3) is 0 Å². The van der Waals surface area contributed by atoms with Gasteiger partial charge >= 0.3 is 0 Å². The van der Waals surface area contributed by atoms with Crippen molar-refractivity contribution in [3.05, 3.63) is 25.2 Å². The van der Waals surface area contributed by atoms with Gasteiger partial charge in [0.25, 0.3) is 0 Å². The highest BCUT2D eigenvalue weighted by molar-refractivity contribution is 14.1. The largest absolute Gasteiger partial charge is 0.495 e. The summed E-state index contributed by atoms with van der Waals surface area (Å²) in [6.07, 6.45) is 0.732. The molecule has 1 aromatic carbocycles. The minimum atomic E-state index is 0.532. The molecule has 0 bridgehead atoms. The molecule has 0 aliphatic rings. The topological polar surface area (TPSA) is 35.2 Å². The van der Waals surface area contributed by atoms with Crippen LogP contribution in [-0.2, 0) is 6.42 Å². The normalized spacial score (nSPS) is 10.4. The molecule has 0 unspecified atom stereocenters. The molecule has 0 radical (unpaired) electrons. The fourth-order valence-electron chi connectivity index (χ4n) is 1.19. The molecule has 0 aliphatic heterocycles. The molecule has 1 aromatic rings. The van der Waals surface area contributed by atoms with E-state index >= 15 is 0 Å². The maximum atomic E-state index is 5.98. The first-order valence-corrected chi connectivity index (χ1v) is 5.85. The Hall–Kier alpha value is 0.290. The Kier molecular flexibility index (Phi) is 4.76. The number of ether oxygens (including phenoxy) is 1. The minimum Gasteiger partial charge on any atom is -0.495 e. The summed E-state index contributed by atoms with van der Waals surface area (Å²) in [7, 11) is 1.61. The highest BCUT2D eigenvalue weighted by Gasteiger charge is 2.13. The minimum absolute atomic E-state index is 0.532. The second kappa shape index (κ2) is 5.39. The summed E-state index contributed by atoms with van der Waals surface area (Å²) in [5.74, 6) is 0.769. The zero-order valence-electron chi connectivity index (χ0n) is 7.61. The van der Waals surface area contributed by atoms with E-state index in [-0.39, 0.29) is 0 Å². The summed E-state index contributed by atoms with van der Waals surface area (Å²) in [6, 6.07) is 1.80. The number of rotatable bonds is 3. The molecular weight excluding hydrogens is 336 g/mol. The van der Waals surface area contributed by atoms with Gasteiger partial charge in [-0.25, -0.2) is 0 Å². The summed E-state index contributed by atoms with van der Waals surface area (Å²) in [5.41, 5.74) is 6.48. The van der Waals surface area contributed by atoms with Crippen molar-refractivity contribution in [2.24, 2.45) is 5.73 Å². The number of hydrogen-bond acceptors (Lipinski definition) is 2. The number of benzene rings is 1. The average molecular weight is 346 g/mol. The van der Waals surface area contributed by atoms with Crippen molar-refractivity contribution < 1.29 is 4.74 Å². The van der Waals surface area contributed by atoms with Gasteiger partial charge < -0.3 is 10.5 Å². The van der Waals surface area contributed by atoms with Gasteiger partial charge in [-0.15, -0.1) is 0 Å². The molecule has 0 aliphatic carbocycles. The molecular formula is C9H10Cl2INO. The molecule has 1 rings (SSSR count). The van der Waals surface area contributed by atoms with Gasteiger partial charge in [0.15, 0.2) is 0 Å². The lowest BCUT2D eigenvalue weighted by molar-refractivity contribution is 0.407. The van der Waals surface area contributed by atoms with Crippen LogP contribution in [0, 0.1) is 3.57 Å². The maximum absolute atomic E-state index is 5.98. The lowest BCUT2D eigenvalue weighted by Gasteiger charge is -2.12. The molecule has 0 saturated carbocycles. The summed E-state index contributed by atoms with van der Waals surface area (Å²) in [5, 5.41) is 1.07. The van der Waals surface area contributed by atoms with Crippen LogP contribution in [0.4, 0.5) is 0 Å². The van der Waals surface area contributed by atoms with Gasteiger partial charge in [-0.1, -0.05) is 23.2 Å². The average Bonchev–Trinajstić information content (AvgIpc) is 2.16. The molecule has 78 valence electrons. The van der Waals surface area contributed by atoms with Crippen LogP contribution in [0.1, 0.15) is 5.56 Å². The number of halogens is 3. The molecule has 0 heterocycles. The lowest BCUT2D eigenvalue weighted by atomic mass is 10.1. The van der Waals surface area contributed by atoms with E-state index in [1.165, 1.54) is 0 Å². The molecule has 0 atom stereocenters. The van der Waals surface area contributed by atoms with E-state index < -0.39 is 0 Å². The zero-order chi connectivity index (χ0) is 10.7. The van der Waals surface area contributed by atoms with E-state index in [2.05, 4.69) is 22.6 Å². The lowest BCUT2D eigenvalue weighted by Crippen LogP contribution is -2.05. The van der Waals surface area contributed by atoms with Crippen molar-refractivity contribution in [1.82, 2.24) is 0 Å². The van der Waals surface area contributed by atoms with Crippen molar-refractivity contribution in [2.45, 2.75) is 6.42 Å². The molecule has 14 heavy (non-hydrogen) atoms. The third-order valence-electron chi connectivity index (χ3n) is 1.81. The van der Waals surface area contributed by atoms with Crippen LogP contribution in [0.15, 0.2) is 6.07 Å². The first kappa shape index (κ1) is 12.4. The van der Waals surface area contributed by atoms with Crippen molar-refractivity contribution in [3.8, 4) is 5.75 Å². The van der Waals surface area contributed by atoms with Gasteiger partial charge in [-0.3, -0.25) is 0 Å². The standard InChI is InChI=1S/C9H10Cl2INO/c1-14-9-5(2-3-13)4-6(10)7(11)8(9)12/h4H,2-3,13H2,1H3. The molecule has 0 spiro atoms. The Bertz CT molecular complexity index is 344. The van der Waals surface area contributed by atoms with Crippen LogP contribution in [-0.4, -0.2) is 13.7 Å². The van der Waals surface area contributed by atoms with Crippen molar-refractivity contribution in [1.29, 1.82) is 0 Å². The molecule has 0 amide bonds. The first-order chi connectivity index (χ1) is 6.61. The molecule has 2 N–H and O–H groups in total. The predicted octanol–water partition coefficient (Wildman–Crippen LogP) is 3.11. The van der Waals surface area contributed by atoms with Crippen LogP contribution < -0.4 is 10.5 Å². The summed E-state index contributed by atoms with van der Waals surface area (Å²) in [6.45, 7) is 0.560. The van der Waals surface area contributed by atoms with Crippen LogP contribution in [0.2, 0.25) is 10.0 Å². The summed E-state index contributed by atoms with van der Waals surface area (Å²) < 4.78 is 6.09. The molecule has 5 heteroatoms. The quantitative estimate of drug-likeness (QED) is 0.674. The Labute approximate surface area is 107 Å². The number of hydrogen-bond donors (Lipinski definition) is 1. The zero-order valence-corrected chi connectivity index (χ0v) is 11.3. The van der Waals surface area contributed by atoms with E-state index in [1.807, 2.05) is 0 Å². The molecule has 0 fully saturated rings. The van der Waals surface area contributed by atoms with Crippen LogP contribution in [0.3, 0.4) is 0 Å². The second-order valence-electron chi connectivity index (χ2n) is 2.72. The highest BCUT2D eigenvalue weighted by Crippen LogP contribution is 2.37. The SMILES string of the molecule is COc1c(CCN)cc(Cl)c(Cl)c1I. The number of nitrogens with two attached hydrogens (primary N) is 1. The third kappa shape index (κ3) is 2.45. The number of methoxy groups -OCH3 is 1. The summed E-state index contributed by atoms with van der Waals surface area (Å²) >= 11 is 14.0. The Morgan fingerprint density at radius 1 is 1.50 bits per heavy atom. The van der Waals surface area contributed by atoms with Crippen LogP contribution >= 0.6 is 45.8 Å². The van der Waals surface area contributed by atoms with Gasteiger partial charge in [-0.2, -0.15) is 0 Å². The van der Waals surface area contributed by atoms with Crippen LogP contribution in [0.5, 0.6) is 5.75 Å². The highest BCUT2D eigenvalue weighted by atomic mass is 127. The van der Waals surface area contributed by atoms with Crippen molar-refractivity contribution >= 4 is 45.8 Å². The van der Waals surface area contributed by atoms with E-state index in [1.54, 1.807) is 13.2 Å². The van der Waals surface area contributed by atoms with Crippen molar-refractivity contribution in [3.63, 3.8) is 0 Å². The van der Waals surface area contributed by atoms with Gasteiger partial charge in [0.1, 0.15) is 5.75 Å². The van der Waals surface area contributed by atoms with Gasteiger partial charge in [0, 0.05) is 0 Å². The molecule has 0 saturated heterocycles. The Morgan fingerprint density at radius 3 is 2.64 bits per heavy atom. The van der Waals surface area contributed by atoms with Gasteiger partial charge in [-0.05, 0) is 47.2 Å². The monoisotopic (exact) mass is 345 g/mol. The third-order valence-corrected chi connectivity index (χ3v) is 3.95. The maximum Gasteiger partial charge on any atom is 0.137 e. The van der Waals surface area contributed by atoms with E-state index in [0.29, 0.717) is 16.6 Å². The van der Waals surface area contributed by atoms with Gasteiger partial charge in [0.05, 0.1) is 20.7 Å². The Balaban J connectivity index is 3.28. The van der Waals surface area contributed by atoms with E-state index in [4.69, 9.17) is 33.7 Å². The van der Waals surface area contributed by atoms with Crippen molar-refractivity contribution in [2.75, 3.05) is 13.7 Å².